The highest BCUT2D eigenvalue weighted by molar-refractivity contribution is 14.1. The molecule has 0 aliphatic carbocycles. The van der Waals surface area contributed by atoms with Crippen LogP contribution in [-0.2, 0) is 35.3 Å². The number of nitrogens with two attached hydrogens (primary N) is 1. The van der Waals surface area contributed by atoms with Crippen LogP contribution in [0.15, 0.2) is 18.2 Å². The lowest BCUT2D eigenvalue weighted by atomic mass is 10.1. The van der Waals surface area contributed by atoms with Crippen LogP contribution in [0.2, 0.25) is 0 Å². The first-order valence-corrected chi connectivity index (χ1v) is 19.3. The number of carboxylic acids is 4. The molecule has 0 radical (unpaired) electrons. The fraction of sp³-hybridized carbons (Fsp3) is 0.571. The van der Waals surface area contributed by atoms with E-state index >= 15 is 0 Å². The van der Waals surface area contributed by atoms with Gasteiger partial charge in [0.15, 0.2) is 5.96 Å². The van der Waals surface area contributed by atoms with Crippen LogP contribution >= 0.6 is 22.6 Å². The lowest BCUT2D eigenvalue weighted by Gasteiger charge is -2.18. The minimum Gasteiger partial charge on any atom is -0.481 e. The number of carbonyl (C=O) groups excluding carboxylic acids is 4. The SMILES string of the molecule is N=C(N)NCc1ccc(C(=O)NCCCCC(NC(=O)CCCCCCC(=O)NCCCCC(NC(=O)NC(CCC(=O)O)C(=O)O)C(=O)O)C(=O)O)cc1I. The van der Waals surface area contributed by atoms with E-state index in [2.05, 4.69) is 54.5 Å². The first kappa shape index (κ1) is 48.8. The van der Waals surface area contributed by atoms with Gasteiger partial charge >= 0.3 is 29.9 Å². The van der Waals surface area contributed by atoms with Gasteiger partial charge in [-0.15, -0.1) is 0 Å². The summed E-state index contributed by atoms with van der Waals surface area (Å²) in [5.41, 5.74) is 6.66. The Balaban J connectivity index is 2.21. The Morgan fingerprint density at radius 2 is 1.14 bits per heavy atom. The molecule has 0 bridgehead atoms. The van der Waals surface area contributed by atoms with E-state index in [1.165, 1.54) is 0 Å². The molecule has 5 amide bonds. The third-order valence-corrected chi connectivity index (χ3v) is 9.28. The second-order valence-corrected chi connectivity index (χ2v) is 14.0. The van der Waals surface area contributed by atoms with E-state index in [4.69, 9.17) is 21.4 Å². The van der Waals surface area contributed by atoms with Crippen molar-refractivity contribution in [2.45, 2.75) is 115 Å². The Hall–Kier alpha value is -5.22. The average Bonchev–Trinajstić information content (AvgIpc) is 3.12. The van der Waals surface area contributed by atoms with Gasteiger partial charge in [-0.25, -0.2) is 19.2 Å². The Morgan fingerprint density at radius 3 is 1.66 bits per heavy atom. The van der Waals surface area contributed by atoms with Crippen molar-refractivity contribution < 1.29 is 58.8 Å². The van der Waals surface area contributed by atoms with Crippen molar-refractivity contribution >= 4 is 76.2 Å². The first-order chi connectivity index (χ1) is 26.5. The number of benzene rings is 1. The second kappa shape index (κ2) is 27.4. The van der Waals surface area contributed by atoms with E-state index < -0.39 is 54.5 Å². The number of carboxylic acid groups (broad SMARTS) is 4. The van der Waals surface area contributed by atoms with E-state index in [1.807, 2.05) is 0 Å². The number of urea groups is 1. The quantitative estimate of drug-likeness (QED) is 0.0234. The highest BCUT2D eigenvalue weighted by Gasteiger charge is 2.25. The van der Waals surface area contributed by atoms with Gasteiger partial charge in [-0.1, -0.05) is 18.9 Å². The zero-order valence-corrected chi connectivity index (χ0v) is 33.2. The molecule has 0 saturated heterocycles. The standard InChI is InChI=1S/C35H53IN8O12/c36-23-19-21(13-14-22(23)20-41-34(37)38)30(49)40-18-8-6-9-24(31(50)51)42-28(46)12-4-2-1-3-11-27(45)39-17-7-5-10-25(32(52)53)43-35(56)44-26(33(54)55)15-16-29(47)48/h13-14,19,24-26H,1-12,15-18,20H2,(H,39,45)(H,40,49)(H,42,46)(H,47,48)(H,50,51)(H,52,53)(H,54,55)(H4,37,38,41)(H2,43,44,56). The number of halogens is 1. The maximum Gasteiger partial charge on any atom is 0.326 e. The minimum atomic E-state index is -1.51. The van der Waals surface area contributed by atoms with Crippen molar-refractivity contribution in [2.75, 3.05) is 13.1 Å². The highest BCUT2D eigenvalue weighted by atomic mass is 127. The Bertz CT molecular complexity index is 1530. The number of rotatable bonds is 29. The normalized spacial score (nSPS) is 12.2. The van der Waals surface area contributed by atoms with Crippen molar-refractivity contribution in [3.63, 3.8) is 0 Å². The molecule has 0 spiro atoms. The number of nitrogens with one attached hydrogen (secondary N) is 7. The largest absolute Gasteiger partial charge is 0.481 e. The highest BCUT2D eigenvalue weighted by Crippen LogP contribution is 2.15. The van der Waals surface area contributed by atoms with E-state index in [0.717, 1.165) is 9.13 Å². The number of hydrogen-bond donors (Lipinski definition) is 12. The lowest BCUT2D eigenvalue weighted by molar-refractivity contribution is -0.142. The van der Waals surface area contributed by atoms with Gasteiger partial charge in [0.05, 0.1) is 0 Å². The van der Waals surface area contributed by atoms with Crippen LogP contribution < -0.4 is 37.6 Å². The van der Waals surface area contributed by atoms with Crippen LogP contribution in [0.1, 0.15) is 106 Å². The molecular weight excluding hydrogens is 851 g/mol. The average molecular weight is 905 g/mol. The van der Waals surface area contributed by atoms with Crippen LogP contribution in [0.25, 0.3) is 0 Å². The molecule has 0 aromatic heterocycles. The van der Waals surface area contributed by atoms with E-state index in [0.29, 0.717) is 70.0 Å². The Labute approximate surface area is 337 Å². The Morgan fingerprint density at radius 1 is 0.625 bits per heavy atom. The summed E-state index contributed by atoms with van der Waals surface area (Å²) in [6.45, 7) is 0.957. The van der Waals surface area contributed by atoms with Gasteiger partial charge in [-0.3, -0.25) is 24.6 Å². The third kappa shape index (κ3) is 22.2. The summed E-state index contributed by atoms with van der Waals surface area (Å²) in [6.07, 6.45) is 3.80. The van der Waals surface area contributed by atoms with Gasteiger partial charge in [0.25, 0.3) is 5.91 Å². The monoisotopic (exact) mass is 904 g/mol. The van der Waals surface area contributed by atoms with Crippen LogP contribution in [0, 0.1) is 8.98 Å². The molecular formula is C35H53IN8O12. The molecule has 13 N–H and O–H groups in total. The molecule has 0 fully saturated rings. The maximum absolute atomic E-state index is 12.5. The summed E-state index contributed by atoms with van der Waals surface area (Å²) in [6, 6.07) is 0.221. The molecule has 21 heteroatoms. The number of unbranched alkanes of at least 4 members (excludes halogenated alkanes) is 5. The van der Waals surface area contributed by atoms with E-state index in [9.17, 15) is 48.6 Å². The third-order valence-electron chi connectivity index (χ3n) is 8.28. The van der Waals surface area contributed by atoms with Crippen molar-refractivity contribution in [2.24, 2.45) is 5.73 Å². The van der Waals surface area contributed by atoms with Crippen LogP contribution in [-0.4, -0.2) is 105 Å². The summed E-state index contributed by atoms with van der Waals surface area (Å²) in [5, 5.41) is 59.0. The molecule has 1 aromatic rings. The van der Waals surface area contributed by atoms with Crippen LogP contribution in [0.3, 0.4) is 0 Å². The Kier molecular flexibility index (Phi) is 23.9. The summed E-state index contributed by atoms with van der Waals surface area (Å²) >= 11 is 2.10. The molecule has 20 nitrogen and oxygen atoms in total. The van der Waals surface area contributed by atoms with Gasteiger partial charge in [-0.2, -0.15) is 0 Å². The van der Waals surface area contributed by atoms with Crippen molar-refractivity contribution in [1.82, 2.24) is 31.9 Å². The molecule has 312 valence electrons. The van der Waals surface area contributed by atoms with Crippen LogP contribution in [0.5, 0.6) is 0 Å². The smallest absolute Gasteiger partial charge is 0.326 e. The van der Waals surface area contributed by atoms with Crippen molar-refractivity contribution in [3.8, 4) is 0 Å². The zero-order valence-electron chi connectivity index (χ0n) is 31.0. The molecule has 56 heavy (non-hydrogen) atoms. The van der Waals surface area contributed by atoms with Gasteiger partial charge in [0, 0.05) is 48.0 Å². The fourth-order valence-corrected chi connectivity index (χ4v) is 5.88. The molecule has 1 rings (SSSR count). The minimum absolute atomic E-state index is 0.00639. The van der Waals surface area contributed by atoms with Gasteiger partial charge in [0.1, 0.15) is 18.1 Å². The summed E-state index contributed by atoms with van der Waals surface area (Å²) in [5.74, 6) is -6.21. The topological polar surface area (TPSA) is 340 Å². The summed E-state index contributed by atoms with van der Waals surface area (Å²) in [7, 11) is 0. The summed E-state index contributed by atoms with van der Waals surface area (Å²) < 4.78 is 0.835. The predicted molar refractivity (Wildman–Crippen MR) is 210 cm³/mol. The first-order valence-electron chi connectivity index (χ1n) is 18.2. The fourth-order valence-electron chi connectivity index (χ4n) is 5.18. The van der Waals surface area contributed by atoms with Gasteiger partial charge < -0.3 is 58.1 Å². The predicted octanol–water partition coefficient (Wildman–Crippen LogP) is 1.44. The maximum atomic E-state index is 12.5. The summed E-state index contributed by atoms with van der Waals surface area (Å²) in [4.78, 5) is 94.2. The number of amides is 5. The molecule has 1 aromatic carbocycles. The van der Waals surface area contributed by atoms with Crippen LogP contribution in [0.4, 0.5) is 4.79 Å². The lowest BCUT2D eigenvalue weighted by Crippen LogP contribution is -2.51. The van der Waals surface area contributed by atoms with Crippen molar-refractivity contribution in [3.05, 3.63) is 32.9 Å². The number of guanidine groups is 1. The molecule has 0 saturated carbocycles. The van der Waals surface area contributed by atoms with E-state index in [-0.39, 0.29) is 62.3 Å². The number of carbonyl (C=O) groups is 8. The number of aliphatic carboxylic acids is 4. The molecule has 3 unspecified atom stereocenters. The molecule has 3 atom stereocenters. The van der Waals surface area contributed by atoms with Gasteiger partial charge in [0.2, 0.25) is 11.8 Å². The second-order valence-electron chi connectivity index (χ2n) is 12.9. The molecule has 0 aliphatic rings. The zero-order chi connectivity index (χ0) is 42.0. The van der Waals surface area contributed by atoms with E-state index in [1.54, 1.807) is 18.2 Å². The van der Waals surface area contributed by atoms with Crippen molar-refractivity contribution in [1.29, 1.82) is 5.41 Å². The van der Waals surface area contributed by atoms with Gasteiger partial charge in [-0.05, 0) is 98.1 Å². The molecule has 0 heterocycles. The number of hydrogen-bond acceptors (Lipinski definition) is 9. The molecule has 0 aliphatic heterocycles.